The zero-order chi connectivity index (χ0) is 9.84. The summed E-state index contributed by atoms with van der Waals surface area (Å²) in [5.74, 6) is -0.801. The van der Waals surface area contributed by atoms with Gasteiger partial charge in [0.15, 0.2) is 5.75 Å². The normalized spacial score (nSPS) is 9.69. The molecule has 0 amide bonds. The SMILES string of the molecule is CCOc1c(Cl)cccc1C(=O)O. The first-order valence-corrected chi connectivity index (χ1v) is 4.19. The van der Waals surface area contributed by atoms with Gasteiger partial charge < -0.3 is 9.84 Å². The van der Waals surface area contributed by atoms with Gasteiger partial charge in [-0.15, -0.1) is 0 Å². The van der Waals surface area contributed by atoms with Crippen molar-refractivity contribution in [3.63, 3.8) is 0 Å². The van der Waals surface area contributed by atoms with Crippen LogP contribution in [0.15, 0.2) is 18.2 Å². The van der Waals surface area contributed by atoms with E-state index in [-0.39, 0.29) is 11.3 Å². The first kappa shape index (κ1) is 9.86. The minimum absolute atomic E-state index is 0.0920. The van der Waals surface area contributed by atoms with Crippen LogP contribution in [0.3, 0.4) is 0 Å². The fraction of sp³-hybridized carbons (Fsp3) is 0.222. The Bertz CT molecular complexity index is 323. The Morgan fingerprint density at radius 2 is 2.31 bits per heavy atom. The largest absolute Gasteiger partial charge is 0.491 e. The van der Waals surface area contributed by atoms with E-state index in [1.54, 1.807) is 19.1 Å². The van der Waals surface area contributed by atoms with Crippen molar-refractivity contribution in [2.45, 2.75) is 6.92 Å². The number of aromatic carboxylic acids is 1. The van der Waals surface area contributed by atoms with E-state index < -0.39 is 5.97 Å². The molecule has 0 saturated carbocycles. The second kappa shape index (κ2) is 4.14. The quantitative estimate of drug-likeness (QED) is 0.815. The molecule has 1 rings (SSSR count). The van der Waals surface area contributed by atoms with Crippen molar-refractivity contribution >= 4 is 17.6 Å². The Morgan fingerprint density at radius 1 is 1.62 bits per heavy atom. The van der Waals surface area contributed by atoms with E-state index in [0.29, 0.717) is 11.6 Å². The van der Waals surface area contributed by atoms with E-state index in [0.717, 1.165) is 0 Å². The Kier molecular flexibility index (Phi) is 3.14. The highest BCUT2D eigenvalue weighted by Gasteiger charge is 2.13. The third kappa shape index (κ3) is 2.12. The Hall–Kier alpha value is -1.22. The van der Waals surface area contributed by atoms with E-state index in [2.05, 4.69) is 0 Å². The van der Waals surface area contributed by atoms with Gasteiger partial charge in [0, 0.05) is 0 Å². The molecule has 13 heavy (non-hydrogen) atoms. The maximum absolute atomic E-state index is 10.7. The van der Waals surface area contributed by atoms with Crippen LogP contribution in [-0.2, 0) is 0 Å². The second-order valence-corrected chi connectivity index (χ2v) is 2.76. The number of hydrogen-bond donors (Lipinski definition) is 1. The number of halogens is 1. The summed E-state index contributed by atoms with van der Waals surface area (Å²) in [6, 6.07) is 4.63. The van der Waals surface area contributed by atoms with Gasteiger partial charge in [0.1, 0.15) is 5.56 Å². The average molecular weight is 201 g/mol. The predicted molar refractivity (Wildman–Crippen MR) is 49.6 cm³/mol. The molecule has 0 aliphatic rings. The molecular formula is C9H9ClO3. The molecule has 1 aromatic rings. The monoisotopic (exact) mass is 200 g/mol. The van der Waals surface area contributed by atoms with Gasteiger partial charge in [-0.3, -0.25) is 0 Å². The maximum atomic E-state index is 10.7. The van der Waals surface area contributed by atoms with Gasteiger partial charge in [0.25, 0.3) is 0 Å². The highest BCUT2D eigenvalue weighted by atomic mass is 35.5. The van der Waals surface area contributed by atoms with E-state index in [4.69, 9.17) is 21.4 Å². The Morgan fingerprint density at radius 3 is 2.85 bits per heavy atom. The van der Waals surface area contributed by atoms with Gasteiger partial charge in [-0.2, -0.15) is 0 Å². The van der Waals surface area contributed by atoms with Gasteiger partial charge in [0.05, 0.1) is 11.6 Å². The smallest absolute Gasteiger partial charge is 0.339 e. The molecule has 70 valence electrons. The molecule has 3 nitrogen and oxygen atoms in total. The minimum atomic E-state index is -1.04. The van der Waals surface area contributed by atoms with Crippen molar-refractivity contribution < 1.29 is 14.6 Å². The summed E-state index contributed by atoms with van der Waals surface area (Å²) in [6.07, 6.45) is 0. The third-order valence-corrected chi connectivity index (χ3v) is 1.78. The Labute approximate surface area is 80.9 Å². The van der Waals surface area contributed by atoms with Crippen molar-refractivity contribution in [3.05, 3.63) is 28.8 Å². The number of carbonyl (C=O) groups is 1. The van der Waals surface area contributed by atoms with Crippen molar-refractivity contribution in [1.29, 1.82) is 0 Å². The summed E-state index contributed by atoms with van der Waals surface area (Å²) < 4.78 is 5.12. The highest BCUT2D eigenvalue weighted by molar-refractivity contribution is 6.32. The number of ether oxygens (including phenoxy) is 1. The molecule has 1 aromatic carbocycles. The highest BCUT2D eigenvalue weighted by Crippen LogP contribution is 2.28. The van der Waals surface area contributed by atoms with E-state index in [9.17, 15) is 4.79 Å². The summed E-state index contributed by atoms with van der Waals surface area (Å²) in [7, 11) is 0. The van der Waals surface area contributed by atoms with Crippen LogP contribution in [0.4, 0.5) is 0 Å². The zero-order valence-electron chi connectivity index (χ0n) is 7.08. The van der Waals surface area contributed by atoms with Crippen molar-refractivity contribution in [2.24, 2.45) is 0 Å². The zero-order valence-corrected chi connectivity index (χ0v) is 7.84. The van der Waals surface area contributed by atoms with Crippen molar-refractivity contribution in [2.75, 3.05) is 6.61 Å². The molecule has 0 aliphatic carbocycles. The molecule has 1 N–H and O–H groups in total. The maximum Gasteiger partial charge on any atom is 0.339 e. The van der Waals surface area contributed by atoms with Gasteiger partial charge >= 0.3 is 5.97 Å². The van der Waals surface area contributed by atoms with E-state index in [1.165, 1.54) is 6.07 Å². The number of carboxylic acids is 1. The molecule has 4 heteroatoms. The third-order valence-electron chi connectivity index (χ3n) is 1.49. The van der Waals surface area contributed by atoms with E-state index in [1.807, 2.05) is 0 Å². The molecule has 0 bridgehead atoms. The summed E-state index contributed by atoms with van der Waals surface area (Å²) in [4.78, 5) is 10.7. The van der Waals surface area contributed by atoms with Crippen LogP contribution in [0, 0.1) is 0 Å². The molecule has 0 unspecified atom stereocenters. The molecule has 0 fully saturated rings. The molecule has 0 atom stereocenters. The van der Waals surface area contributed by atoms with Gasteiger partial charge in [-0.1, -0.05) is 17.7 Å². The van der Waals surface area contributed by atoms with Crippen molar-refractivity contribution in [3.8, 4) is 5.75 Å². The van der Waals surface area contributed by atoms with Crippen LogP contribution in [0.2, 0.25) is 5.02 Å². The topological polar surface area (TPSA) is 46.5 Å². The Balaban J connectivity index is 3.17. The molecule has 0 spiro atoms. The number of hydrogen-bond acceptors (Lipinski definition) is 2. The van der Waals surface area contributed by atoms with Crippen LogP contribution in [-0.4, -0.2) is 17.7 Å². The van der Waals surface area contributed by atoms with Crippen LogP contribution < -0.4 is 4.74 Å². The fourth-order valence-electron chi connectivity index (χ4n) is 0.968. The number of rotatable bonds is 3. The lowest BCUT2D eigenvalue weighted by molar-refractivity contribution is 0.0692. The summed E-state index contributed by atoms with van der Waals surface area (Å²) in [6.45, 7) is 2.17. The van der Waals surface area contributed by atoms with Crippen LogP contribution in [0.5, 0.6) is 5.75 Å². The lowest BCUT2D eigenvalue weighted by Crippen LogP contribution is -2.02. The molecule has 0 radical (unpaired) electrons. The standard InChI is InChI=1S/C9H9ClO3/c1-2-13-8-6(9(11)12)4-3-5-7(8)10/h3-5H,2H2,1H3,(H,11,12). The first-order chi connectivity index (χ1) is 6.16. The molecule has 0 heterocycles. The fourth-order valence-corrected chi connectivity index (χ4v) is 1.20. The molecular weight excluding hydrogens is 192 g/mol. The summed E-state index contributed by atoms with van der Waals surface area (Å²) >= 11 is 5.76. The van der Waals surface area contributed by atoms with Crippen LogP contribution in [0.1, 0.15) is 17.3 Å². The average Bonchev–Trinajstić information content (AvgIpc) is 2.08. The van der Waals surface area contributed by atoms with Crippen molar-refractivity contribution in [1.82, 2.24) is 0 Å². The van der Waals surface area contributed by atoms with Crippen LogP contribution >= 0.6 is 11.6 Å². The first-order valence-electron chi connectivity index (χ1n) is 3.81. The number of carboxylic acid groups (broad SMARTS) is 1. The van der Waals surface area contributed by atoms with Gasteiger partial charge in [-0.25, -0.2) is 4.79 Å². The van der Waals surface area contributed by atoms with Gasteiger partial charge in [-0.05, 0) is 19.1 Å². The predicted octanol–water partition coefficient (Wildman–Crippen LogP) is 2.44. The summed E-state index contributed by atoms with van der Waals surface area (Å²) in [5, 5.41) is 9.10. The molecule has 0 saturated heterocycles. The van der Waals surface area contributed by atoms with E-state index >= 15 is 0 Å². The molecule has 0 aliphatic heterocycles. The minimum Gasteiger partial charge on any atom is -0.491 e. The molecule has 0 aromatic heterocycles. The van der Waals surface area contributed by atoms with Gasteiger partial charge in [0.2, 0.25) is 0 Å². The number of benzene rings is 1. The summed E-state index contributed by atoms with van der Waals surface area (Å²) in [5.41, 5.74) is 0.0920. The van der Waals surface area contributed by atoms with Crippen LogP contribution in [0.25, 0.3) is 0 Å². The lowest BCUT2D eigenvalue weighted by atomic mass is 10.2. The number of para-hydroxylation sites is 1. The second-order valence-electron chi connectivity index (χ2n) is 2.35. The lowest BCUT2D eigenvalue weighted by Gasteiger charge is -2.07.